The van der Waals surface area contributed by atoms with E-state index >= 15 is 0 Å². The Hall–Kier alpha value is -3.06. The number of ether oxygens (including phenoxy) is 4. The molecule has 2 aromatic carbocycles. The van der Waals surface area contributed by atoms with Crippen LogP contribution in [0.3, 0.4) is 0 Å². The lowest BCUT2D eigenvalue weighted by molar-refractivity contribution is 0.0413. The van der Waals surface area contributed by atoms with Gasteiger partial charge in [0.2, 0.25) is 0 Å². The van der Waals surface area contributed by atoms with Gasteiger partial charge in [-0.25, -0.2) is 4.79 Å². The fourth-order valence-corrected chi connectivity index (χ4v) is 3.43. The van der Waals surface area contributed by atoms with Gasteiger partial charge in [0.15, 0.2) is 12.9 Å². The molecule has 0 saturated carbocycles. The van der Waals surface area contributed by atoms with E-state index in [1.807, 2.05) is 19.1 Å². The number of hydrogen-bond acceptors (Lipinski definition) is 6. The molecule has 0 radical (unpaired) electrons. The highest BCUT2D eigenvalue weighted by Crippen LogP contribution is 2.34. The second-order valence-corrected chi connectivity index (χ2v) is 7.33. The van der Waals surface area contributed by atoms with Gasteiger partial charge in [-0.2, -0.15) is 0 Å². The zero-order valence-corrected chi connectivity index (χ0v) is 17.9. The number of methoxy groups -OCH3 is 2. The maximum Gasteiger partial charge on any atom is 0.344 e. The zero-order valence-electron chi connectivity index (χ0n) is 17.1. The Morgan fingerprint density at radius 1 is 1.17 bits per heavy atom. The van der Waals surface area contributed by atoms with E-state index in [1.165, 1.54) is 7.11 Å². The molecule has 0 spiro atoms. The predicted molar refractivity (Wildman–Crippen MR) is 119 cm³/mol. The second-order valence-electron chi connectivity index (χ2n) is 6.35. The molecule has 5 nitrogen and oxygen atoms in total. The van der Waals surface area contributed by atoms with Crippen molar-refractivity contribution < 1.29 is 23.7 Å². The summed E-state index contributed by atoms with van der Waals surface area (Å²) in [5, 5.41) is 1.58. The van der Waals surface area contributed by atoms with Gasteiger partial charge in [0.05, 0.1) is 18.6 Å². The van der Waals surface area contributed by atoms with Crippen LogP contribution in [0, 0.1) is 30.6 Å². The molecular weight excluding hydrogens is 400 g/mol. The van der Waals surface area contributed by atoms with Gasteiger partial charge in [0.25, 0.3) is 0 Å². The van der Waals surface area contributed by atoms with E-state index in [1.54, 1.807) is 43.2 Å². The van der Waals surface area contributed by atoms with Crippen molar-refractivity contribution in [2.45, 2.75) is 13.0 Å². The monoisotopic (exact) mass is 422 g/mol. The second kappa shape index (κ2) is 10.6. The summed E-state index contributed by atoms with van der Waals surface area (Å²) < 4.78 is 21.8. The van der Waals surface area contributed by atoms with Crippen molar-refractivity contribution in [2.24, 2.45) is 0 Å². The molecule has 1 unspecified atom stereocenters. The Bertz CT molecular complexity index is 1080. The van der Waals surface area contributed by atoms with Crippen LogP contribution in [0.4, 0.5) is 0 Å². The third-order valence-electron chi connectivity index (χ3n) is 4.33. The van der Waals surface area contributed by atoms with Crippen molar-refractivity contribution in [3.05, 3.63) is 47.5 Å². The molecular formula is C24H22O5S. The topological polar surface area (TPSA) is 54.0 Å². The first kappa shape index (κ1) is 21.6. The summed E-state index contributed by atoms with van der Waals surface area (Å²) in [4.78, 5) is 13.2. The summed E-state index contributed by atoms with van der Waals surface area (Å²) in [5.41, 5.74) is 1.28. The van der Waals surface area contributed by atoms with Gasteiger partial charge in [0.1, 0.15) is 17.1 Å². The molecule has 3 rings (SSSR count). The first-order valence-corrected chi connectivity index (χ1v) is 10.4. The highest BCUT2D eigenvalue weighted by molar-refractivity contribution is 7.99. The van der Waals surface area contributed by atoms with E-state index in [4.69, 9.17) is 18.9 Å². The summed E-state index contributed by atoms with van der Waals surface area (Å²) >= 11 is 1.62. The highest BCUT2D eigenvalue weighted by Gasteiger charge is 2.22. The van der Waals surface area contributed by atoms with Gasteiger partial charge in [-0.1, -0.05) is 29.7 Å². The third kappa shape index (κ3) is 5.30. The van der Waals surface area contributed by atoms with Crippen LogP contribution in [0.5, 0.6) is 11.5 Å². The van der Waals surface area contributed by atoms with E-state index in [0.29, 0.717) is 28.2 Å². The molecule has 1 aliphatic heterocycles. The molecule has 154 valence electrons. The number of carbonyl (C=O) groups is 1. The predicted octanol–water partition coefficient (Wildman–Crippen LogP) is 3.97. The maximum atomic E-state index is 13.2. The molecule has 0 aromatic heterocycles. The number of thioether (sulfide) groups is 1. The van der Waals surface area contributed by atoms with Crippen LogP contribution in [-0.4, -0.2) is 44.6 Å². The normalized spacial score (nSPS) is 16.4. The number of fused-ring (bicyclic) bond motifs is 1. The number of hydrogen-bond donors (Lipinski definition) is 0. The van der Waals surface area contributed by atoms with Crippen LogP contribution in [-0.2, 0) is 9.47 Å². The lowest BCUT2D eigenvalue weighted by Gasteiger charge is -2.16. The molecule has 30 heavy (non-hydrogen) atoms. The molecule has 2 aromatic rings. The minimum Gasteiger partial charge on any atom is -0.497 e. The van der Waals surface area contributed by atoms with Crippen LogP contribution >= 0.6 is 11.8 Å². The Labute approximate surface area is 180 Å². The molecule has 6 heteroatoms. The maximum absolute atomic E-state index is 13.2. The zero-order chi connectivity index (χ0) is 21.3. The Morgan fingerprint density at radius 3 is 2.80 bits per heavy atom. The largest absolute Gasteiger partial charge is 0.497 e. The van der Waals surface area contributed by atoms with Gasteiger partial charge in [-0.15, -0.1) is 11.8 Å². The van der Waals surface area contributed by atoms with E-state index < -0.39 is 12.1 Å². The van der Waals surface area contributed by atoms with E-state index in [9.17, 15) is 4.79 Å². The van der Waals surface area contributed by atoms with Gasteiger partial charge in [0, 0.05) is 12.5 Å². The SMILES string of the molecule is COCOc1ccc2c(C)cc(OC)cc2c1C(=O)OC1C#CCSCC#C/C=C\1. The highest BCUT2D eigenvalue weighted by atomic mass is 32.2. The van der Waals surface area contributed by atoms with Crippen molar-refractivity contribution in [3.63, 3.8) is 0 Å². The summed E-state index contributed by atoms with van der Waals surface area (Å²) in [6.07, 6.45) is 2.64. The molecule has 1 heterocycles. The quantitative estimate of drug-likeness (QED) is 0.399. The Kier molecular flexibility index (Phi) is 7.68. The van der Waals surface area contributed by atoms with Crippen molar-refractivity contribution >= 4 is 28.5 Å². The van der Waals surface area contributed by atoms with Crippen LogP contribution < -0.4 is 9.47 Å². The van der Waals surface area contributed by atoms with Crippen molar-refractivity contribution in [3.8, 4) is 35.2 Å². The van der Waals surface area contributed by atoms with Crippen LogP contribution in [0.1, 0.15) is 15.9 Å². The summed E-state index contributed by atoms with van der Waals surface area (Å²) in [6.45, 7) is 1.96. The molecule has 1 atom stereocenters. The average Bonchev–Trinajstić information content (AvgIpc) is 2.75. The van der Waals surface area contributed by atoms with E-state index in [0.717, 1.165) is 16.7 Å². The van der Waals surface area contributed by atoms with Crippen LogP contribution in [0.15, 0.2) is 36.4 Å². The minimum atomic E-state index is -0.706. The smallest absolute Gasteiger partial charge is 0.344 e. The van der Waals surface area contributed by atoms with Gasteiger partial charge in [-0.05, 0) is 48.2 Å². The fraction of sp³-hybridized carbons (Fsp3) is 0.292. The molecule has 0 N–H and O–H groups in total. The summed E-state index contributed by atoms with van der Waals surface area (Å²) in [7, 11) is 3.11. The van der Waals surface area contributed by atoms with Gasteiger partial charge < -0.3 is 18.9 Å². The average molecular weight is 423 g/mol. The number of rotatable bonds is 6. The summed E-state index contributed by atoms with van der Waals surface area (Å²) in [6, 6.07) is 7.37. The molecule has 0 bridgehead atoms. The summed E-state index contributed by atoms with van der Waals surface area (Å²) in [5.74, 6) is 13.7. The molecule has 0 aliphatic carbocycles. The molecule has 1 aliphatic rings. The third-order valence-corrected chi connectivity index (χ3v) is 5.03. The molecule has 0 fully saturated rings. The van der Waals surface area contributed by atoms with E-state index in [2.05, 4.69) is 23.7 Å². The first-order chi connectivity index (χ1) is 14.6. The van der Waals surface area contributed by atoms with Gasteiger partial charge in [-0.3, -0.25) is 0 Å². The fourth-order valence-electron chi connectivity index (χ4n) is 2.96. The lowest BCUT2D eigenvalue weighted by atomic mass is 9.99. The molecule has 0 saturated heterocycles. The molecule has 0 amide bonds. The number of benzene rings is 2. The van der Waals surface area contributed by atoms with Crippen molar-refractivity contribution in [1.29, 1.82) is 0 Å². The van der Waals surface area contributed by atoms with Crippen molar-refractivity contribution in [2.75, 3.05) is 32.5 Å². The van der Waals surface area contributed by atoms with E-state index in [-0.39, 0.29) is 6.79 Å². The first-order valence-electron chi connectivity index (χ1n) is 9.29. The Morgan fingerprint density at radius 2 is 2.00 bits per heavy atom. The number of esters is 1. The van der Waals surface area contributed by atoms with Crippen LogP contribution in [0.2, 0.25) is 0 Å². The number of carbonyl (C=O) groups excluding carboxylic acids is 1. The van der Waals surface area contributed by atoms with Crippen molar-refractivity contribution in [1.82, 2.24) is 0 Å². The minimum absolute atomic E-state index is 0.00465. The number of aryl methyl sites for hydroxylation is 1. The standard InChI is InChI=1S/C24H22O5S/c1-17-14-19(27-3)15-21-20(17)10-11-22(28-16-26-2)23(21)24(25)29-18-8-5-4-6-12-30-13-7-9-18/h5,8,10-11,14-15,18H,12-13,16H2,1-3H3/b8-5-. The lowest BCUT2D eigenvalue weighted by Crippen LogP contribution is -2.17. The number of allylic oxidation sites excluding steroid dienone is 1. The van der Waals surface area contributed by atoms with Crippen LogP contribution in [0.25, 0.3) is 10.8 Å². The van der Waals surface area contributed by atoms with Gasteiger partial charge >= 0.3 is 5.97 Å². The Balaban J connectivity index is 2.05.